The standard InChI is InChI=1S/C14H23N3O2.ClH/c1-11(2)8-14(3,10-15)16-12(18)9-17-7-5-4-6-13(17)19;/h4-7,11H,8-10,15H2,1-3H3,(H,16,18);1H. The Morgan fingerprint density at radius 3 is 2.60 bits per heavy atom. The molecule has 0 fully saturated rings. The van der Waals surface area contributed by atoms with Crippen LogP contribution in [-0.2, 0) is 11.3 Å². The molecule has 1 amide bonds. The third-order valence-electron chi connectivity index (χ3n) is 2.96. The van der Waals surface area contributed by atoms with E-state index in [2.05, 4.69) is 19.2 Å². The first-order chi connectivity index (χ1) is 8.86. The molecule has 0 spiro atoms. The van der Waals surface area contributed by atoms with Crippen LogP contribution in [0.1, 0.15) is 27.2 Å². The average molecular weight is 302 g/mol. The fourth-order valence-electron chi connectivity index (χ4n) is 2.21. The summed E-state index contributed by atoms with van der Waals surface area (Å²) < 4.78 is 1.38. The minimum atomic E-state index is -0.427. The van der Waals surface area contributed by atoms with E-state index in [1.807, 2.05) is 6.92 Å². The van der Waals surface area contributed by atoms with Gasteiger partial charge in [-0.05, 0) is 25.3 Å². The van der Waals surface area contributed by atoms with E-state index in [1.165, 1.54) is 10.6 Å². The summed E-state index contributed by atoms with van der Waals surface area (Å²) >= 11 is 0. The van der Waals surface area contributed by atoms with Crippen LogP contribution in [0.5, 0.6) is 0 Å². The number of hydrogen-bond donors (Lipinski definition) is 2. The predicted molar refractivity (Wildman–Crippen MR) is 83.0 cm³/mol. The molecule has 1 unspecified atom stereocenters. The number of halogens is 1. The number of rotatable bonds is 6. The molecule has 5 nitrogen and oxygen atoms in total. The van der Waals surface area contributed by atoms with Crippen LogP contribution in [0.25, 0.3) is 0 Å². The Kier molecular flexibility index (Phi) is 7.53. The van der Waals surface area contributed by atoms with Crippen molar-refractivity contribution >= 4 is 18.3 Å². The molecule has 0 bridgehead atoms. The van der Waals surface area contributed by atoms with Gasteiger partial charge >= 0.3 is 0 Å². The van der Waals surface area contributed by atoms with Gasteiger partial charge in [0.2, 0.25) is 5.91 Å². The van der Waals surface area contributed by atoms with Gasteiger partial charge < -0.3 is 15.6 Å². The molecule has 0 aliphatic heterocycles. The molecule has 3 N–H and O–H groups in total. The van der Waals surface area contributed by atoms with Crippen LogP contribution in [0.4, 0.5) is 0 Å². The van der Waals surface area contributed by atoms with Gasteiger partial charge in [-0.3, -0.25) is 9.59 Å². The highest BCUT2D eigenvalue weighted by Gasteiger charge is 2.25. The van der Waals surface area contributed by atoms with E-state index in [1.54, 1.807) is 18.3 Å². The van der Waals surface area contributed by atoms with Crippen molar-refractivity contribution in [1.29, 1.82) is 0 Å². The van der Waals surface area contributed by atoms with Crippen molar-refractivity contribution in [2.24, 2.45) is 11.7 Å². The molecule has 20 heavy (non-hydrogen) atoms. The Morgan fingerprint density at radius 1 is 1.45 bits per heavy atom. The van der Waals surface area contributed by atoms with Gasteiger partial charge in [-0.25, -0.2) is 0 Å². The van der Waals surface area contributed by atoms with Crippen LogP contribution < -0.4 is 16.6 Å². The molecule has 0 aromatic carbocycles. The molecule has 0 saturated carbocycles. The average Bonchev–Trinajstić information content (AvgIpc) is 2.31. The zero-order valence-electron chi connectivity index (χ0n) is 12.3. The number of nitrogens with one attached hydrogen (secondary N) is 1. The molecule has 0 saturated heterocycles. The van der Waals surface area contributed by atoms with Gasteiger partial charge in [0.05, 0.1) is 0 Å². The Balaban J connectivity index is 0.00000361. The van der Waals surface area contributed by atoms with Crippen LogP contribution in [0.3, 0.4) is 0 Å². The zero-order chi connectivity index (χ0) is 14.5. The Morgan fingerprint density at radius 2 is 2.10 bits per heavy atom. The van der Waals surface area contributed by atoms with Crippen molar-refractivity contribution in [3.63, 3.8) is 0 Å². The minimum absolute atomic E-state index is 0. The molecule has 0 aliphatic carbocycles. The van der Waals surface area contributed by atoms with E-state index in [0.29, 0.717) is 12.5 Å². The second kappa shape index (κ2) is 8.07. The second-order valence-corrected chi connectivity index (χ2v) is 5.58. The van der Waals surface area contributed by atoms with Crippen LogP contribution in [0.2, 0.25) is 0 Å². The van der Waals surface area contributed by atoms with Gasteiger partial charge in [-0.15, -0.1) is 12.4 Å². The van der Waals surface area contributed by atoms with E-state index in [4.69, 9.17) is 5.73 Å². The number of carbonyl (C=O) groups is 1. The molecule has 1 rings (SSSR count). The van der Waals surface area contributed by atoms with Crippen LogP contribution in [-0.4, -0.2) is 22.6 Å². The topological polar surface area (TPSA) is 77.1 Å². The van der Waals surface area contributed by atoms with E-state index < -0.39 is 5.54 Å². The fourth-order valence-corrected chi connectivity index (χ4v) is 2.21. The van der Waals surface area contributed by atoms with Gasteiger partial charge in [0.1, 0.15) is 6.54 Å². The molecule has 1 aromatic heterocycles. The summed E-state index contributed by atoms with van der Waals surface area (Å²) in [6.07, 6.45) is 2.41. The highest BCUT2D eigenvalue weighted by atomic mass is 35.5. The van der Waals surface area contributed by atoms with Crippen LogP contribution in [0.15, 0.2) is 29.2 Å². The molecule has 114 valence electrons. The van der Waals surface area contributed by atoms with Crippen molar-refractivity contribution < 1.29 is 4.79 Å². The second-order valence-electron chi connectivity index (χ2n) is 5.58. The van der Waals surface area contributed by atoms with Gasteiger partial charge in [0, 0.05) is 24.3 Å². The largest absolute Gasteiger partial charge is 0.348 e. The molecular formula is C14H24ClN3O2. The monoisotopic (exact) mass is 301 g/mol. The maximum atomic E-state index is 12.0. The SMILES string of the molecule is CC(C)CC(C)(CN)NC(=O)Cn1ccccc1=O.Cl. The first-order valence-electron chi connectivity index (χ1n) is 6.53. The number of nitrogens with zero attached hydrogens (tertiary/aromatic N) is 1. The summed E-state index contributed by atoms with van der Waals surface area (Å²) in [6, 6.07) is 4.81. The number of aromatic nitrogens is 1. The first kappa shape index (κ1) is 18.7. The Bertz CT molecular complexity index is 487. The van der Waals surface area contributed by atoms with Gasteiger partial charge in [-0.2, -0.15) is 0 Å². The molecule has 1 aromatic rings. The summed E-state index contributed by atoms with van der Waals surface area (Å²) in [5, 5.41) is 2.93. The number of hydrogen-bond acceptors (Lipinski definition) is 3. The van der Waals surface area contributed by atoms with Gasteiger partial charge in [0.25, 0.3) is 5.56 Å². The van der Waals surface area contributed by atoms with Crippen molar-refractivity contribution in [1.82, 2.24) is 9.88 Å². The van der Waals surface area contributed by atoms with Crippen molar-refractivity contribution in [3.05, 3.63) is 34.7 Å². The normalized spacial score (nSPS) is 13.4. The molecule has 1 atom stereocenters. The summed E-state index contributed by atoms with van der Waals surface area (Å²) in [5.41, 5.74) is 5.13. The number of pyridine rings is 1. The molecule has 6 heteroatoms. The minimum Gasteiger partial charge on any atom is -0.348 e. The maximum absolute atomic E-state index is 12.0. The fraction of sp³-hybridized carbons (Fsp3) is 0.571. The lowest BCUT2D eigenvalue weighted by molar-refractivity contribution is -0.123. The third-order valence-corrected chi connectivity index (χ3v) is 2.96. The molecule has 1 heterocycles. The summed E-state index contributed by atoms with van der Waals surface area (Å²) in [7, 11) is 0. The number of carbonyl (C=O) groups excluding carboxylic acids is 1. The highest BCUT2D eigenvalue weighted by Crippen LogP contribution is 2.15. The molecule has 0 aliphatic rings. The molecular weight excluding hydrogens is 278 g/mol. The first-order valence-corrected chi connectivity index (χ1v) is 6.53. The third kappa shape index (κ3) is 5.75. The number of nitrogens with two attached hydrogens (primary N) is 1. The van der Waals surface area contributed by atoms with E-state index in [9.17, 15) is 9.59 Å². The van der Waals surface area contributed by atoms with Crippen molar-refractivity contribution in [3.8, 4) is 0 Å². The molecule has 0 radical (unpaired) electrons. The van der Waals surface area contributed by atoms with E-state index >= 15 is 0 Å². The van der Waals surface area contributed by atoms with Crippen LogP contribution >= 0.6 is 12.4 Å². The highest BCUT2D eigenvalue weighted by molar-refractivity contribution is 5.85. The summed E-state index contributed by atoms with van der Waals surface area (Å²) in [6.45, 7) is 6.50. The quantitative estimate of drug-likeness (QED) is 0.827. The van der Waals surface area contributed by atoms with E-state index in [-0.39, 0.29) is 30.4 Å². The summed E-state index contributed by atoms with van der Waals surface area (Å²) in [4.78, 5) is 23.5. The lowest BCUT2D eigenvalue weighted by Crippen LogP contribution is -2.53. The predicted octanol–water partition coefficient (Wildman–Crippen LogP) is 1.15. The van der Waals surface area contributed by atoms with E-state index in [0.717, 1.165) is 6.42 Å². The van der Waals surface area contributed by atoms with Crippen molar-refractivity contribution in [2.45, 2.75) is 39.3 Å². The summed E-state index contributed by atoms with van der Waals surface area (Å²) in [5.74, 6) is 0.246. The smallest absolute Gasteiger partial charge is 0.250 e. The van der Waals surface area contributed by atoms with Gasteiger partial charge in [0.15, 0.2) is 0 Å². The number of amides is 1. The lowest BCUT2D eigenvalue weighted by atomic mass is 9.91. The van der Waals surface area contributed by atoms with Gasteiger partial charge in [-0.1, -0.05) is 19.9 Å². The lowest BCUT2D eigenvalue weighted by Gasteiger charge is -2.31. The zero-order valence-corrected chi connectivity index (χ0v) is 13.1. The van der Waals surface area contributed by atoms with Crippen molar-refractivity contribution in [2.75, 3.05) is 6.54 Å². The van der Waals surface area contributed by atoms with Crippen LogP contribution in [0, 0.1) is 5.92 Å². The Hall–Kier alpha value is -1.33. The maximum Gasteiger partial charge on any atom is 0.250 e. The Labute approximate surface area is 126 Å².